The number of hydrogen-bond acceptors (Lipinski definition) is 6. The van der Waals surface area contributed by atoms with Crippen molar-refractivity contribution < 1.29 is 14.3 Å². The number of nitrogens with zero attached hydrogens (tertiary/aromatic N) is 3. The van der Waals surface area contributed by atoms with Gasteiger partial charge in [-0.2, -0.15) is 5.11 Å². The summed E-state index contributed by atoms with van der Waals surface area (Å²) in [7, 11) is 3.27. The van der Waals surface area contributed by atoms with Gasteiger partial charge in [-0.1, -0.05) is 16.8 Å². The van der Waals surface area contributed by atoms with Crippen LogP contribution in [0.25, 0.3) is 0 Å². The van der Waals surface area contributed by atoms with E-state index < -0.39 is 0 Å². The van der Waals surface area contributed by atoms with E-state index in [1.54, 1.807) is 14.2 Å². The van der Waals surface area contributed by atoms with Gasteiger partial charge in [-0.3, -0.25) is 9.80 Å². The van der Waals surface area contributed by atoms with E-state index in [-0.39, 0.29) is 22.8 Å². The van der Waals surface area contributed by atoms with E-state index in [4.69, 9.17) is 21.1 Å². The number of hydrogen-bond donors (Lipinski definition) is 0. The SMILES string of the molecule is COc1cc(Cl)c2c(c1OC)[C@]13CCN4N=N[C@H](CC(=O)C1)[C@@]43CC2. The number of benzene rings is 1. The van der Waals surface area contributed by atoms with Crippen molar-refractivity contribution in [2.75, 3.05) is 20.8 Å². The Morgan fingerprint density at radius 2 is 2.16 bits per heavy atom. The normalized spacial score (nSPS) is 34.6. The zero-order valence-corrected chi connectivity index (χ0v) is 15.1. The molecule has 1 saturated heterocycles. The molecule has 132 valence electrons. The third-order valence-corrected chi connectivity index (χ3v) is 7.10. The lowest BCUT2D eigenvalue weighted by molar-refractivity contribution is -0.126. The largest absolute Gasteiger partial charge is 0.493 e. The summed E-state index contributed by atoms with van der Waals surface area (Å²) in [5.41, 5.74) is 1.57. The number of ether oxygens (including phenoxy) is 2. The Bertz CT molecular complexity index is 826. The number of fused-ring (bicyclic) bond motifs is 1. The van der Waals surface area contributed by atoms with Gasteiger partial charge in [0.25, 0.3) is 0 Å². The lowest BCUT2D eigenvalue weighted by Crippen LogP contribution is -2.65. The highest BCUT2D eigenvalue weighted by atomic mass is 35.5. The van der Waals surface area contributed by atoms with Gasteiger partial charge in [0.2, 0.25) is 0 Å². The van der Waals surface area contributed by atoms with Crippen LogP contribution in [0, 0.1) is 0 Å². The number of ketones is 1. The van der Waals surface area contributed by atoms with Crippen molar-refractivity contribution >= 4 is 17.4 Å². The van der Waals surface area contributed by atoms with E-state index in [1.165, 1.54) is 0 Å². The van der Waals surface area contributed by atoms with E-state index in [0.29, 0.717) is 29.4 Å². The van der Waals surface area contributed by atoms with Gasteiger partial charge in [-0.15, -0.1) is 0 Å². The third-order valence-electron chi connectivity index (χ3n) is 6.77. The van der Waals surface area contributed by atoms with Gasteiger partial charge in [-0.25, -0.2) is 0 Å². The summed E-state index contributed by atoms with van der Waals surface area (Å²) < 4.78 is 11.3. The van der Waals surface area contributed by atoms with Crippen molar-refractivity contribution in [3.63, 3.8) is 0 Å². The maximum atomic E-state index is 12.7. The fourth-order valence-electron chi connectivity index (χ4n) is 5.90. The first kappa shape index (κ1) is 15.4. The molecule has 1 saturated carbocycles. The van der Waals surface area contributed by atoms with Crippen LogP contribution in [0.2, 0.25) is 5.02 Å². The van der Waals surface area contributed by atoms with Crippen molar-refractivity contribution in [3.8, 4) is 11.5 Å². The third kappa shape index (κ3) is 1.60. The van der Waals surface area contributed by atoms with Crippen LogP contribution in [0.3, 0.4) is 0 Å². The molecule has 0 radical (unpaired) electrons. The Hall–Kier alpha value is -1.82. The zero-order valence-electron chi connectivity index (χ0n) is 14.3. The van der Waals surface area contributed by atoms with Gasteiger partial charge in [0.15, 0.2) is 11.5 Å². The minimum absolute atomic E-state index is 0.0703. The first-order chi connectivity index (χ1) is 12.1. The number of halogens is 1. The van der Waals surface area contributed by atoms with Crippen LogP contribution < -0.4 is 9.47 Å². The molecule has 2 heterocycles. The van der Waals surface area contributed by atoms with Gasteiger partial charge in [0, 0.05) is 41.5 Å². The predicted molar refractivity (Wildman–Crippen MR) is 91.5 cm³/mol. The average Bonchev–Trinajstić information content (AvgIpc) is 3.12. The number of Topliss-reactive ketones (excluding diaryl/α,β-unsaturated/α-hetero) is 1. The Morgan fingerprint density at radius 1 is 1.32 bits per heavy atom. The highest BCUT2D eigenvalue weighted by molar-refractivity contribution is 6.31. The van der Waals surface area contributed by atoms with Gasteiger partial charge in [0.1, 0.15) is 11.8 Å². The summed E-state index contributed by atoms with van der Waals surface area (Å²) in [5.74, 6) is 1.58. The van der Waals surface area contributed by atoms with Crippen molar-refractivity contribution in [1.82, 2.24) is 5.01 Å². The molecule has 2 aliphatic heterocycles. The minimum atomic E-state index is -0.354. The molecule has 0 N–H and O–H groups in total. The maximum absolute atomic E-state index is 12.7. The van der Waals surface area contributed by atoms with Crippen LogP contribution >= 0.6 is 11.6 Å². The molecule has 25 heavy (non-hydrogen) atoms. The van der Waals surface area contributed by atoms with E-state index >= 15 is 0 Å². The molecule has 0 unspecified atom stereocenters. The monoisotopic (exact) mass is 361 g/mol. The summed E-state index contributed by atoms with van der Waals surface area (Å²) >= 11 is 6.61. The van der Waals surface area contributed by atoms with Crippen LogP contribution in [-0.4, -0.2) is 43.1 Å². The second-order valence-electron chi connectivity index (χ2n) is 7.47. The summed E-state index contributed by atoms with van der Waals surface area (Å²) in [6, 6.07) is 1.76. The fourth-order valence-corrected chi connectivity index (χ4v) is 6.19. The Kier molecular flexibility index (Phi) is 3.01. The zero-order chi connectivity index (χ0) is 17.4. The molecule has 1 spiro atoms. The van der Waals surface area contributed by atoms with Crippen molar-refractivity contribution in [2.45, 2.75) is 49.1 Å². The van der Waals surface area contributed by atoms with Crippen LogP contribution in [0.5, 0.6) is 11.5 Å². The summed E-state index contributed by atoms with van der Waals surface area (Å²) in [5, 5.41) is 11.7. The molecule has 2 aliphatic carbocycles. The van der Waals surface area contributed by atoms with E-state index in [1.807, 2.05) is 6.07 Å². The Labute approximate surface area is 151 Å². The van der Waals surface area contributed by atoms with E-state index in [0.717, 1.165) is 36.9 Å². The van der Waals surface area contributed by atoms with Crippen LogP contribution in [0.4, 0.5) is 0 Å². The lowest BCUT2D eigenvalue weighted by Gasteiger charge is -2.54. The molecule has 0 aromatic heterocycles. The number of carbonyl (C=O) groups excluding carboxylic acids is 1. The molecule has 2 fully saturated rings. The first-order valence-corrected chi connectivity index (χ1v) is 9.09. The second-order valence-corrected chi connectivity index (χ2v) is 7.87. The summed E-state index contributed by atoms with van der Waals surface area (Å²) in [4.78, 5) is 12.7. The fraction of sp³-hybridized carbons (Fsp3) is 0.611. The maximum Gasteiger partial charge on any atom is 0.164 e. The number of methoxy groups -OCH3 is 2. The summed E-state index contributed by atoms with van der Waals surface area (Å²) in [6.07, 6.45) is 3.60. The molecule has 1 aromatic rings. The number of rotatable bonds is 2. The molecule has 7 heteroatoms. The first-order valence-electron chi connectivity index (χ1n) is 8.71. The van der Waals surface area contributed by atoms with Gasteiger partial charge >= 0.3 is 0 Å². The lowest BCUT2D eigenvalue weighted by atomic mass is 9.51. The average molecular weight is 362 g/mol. The summed E-state index contributed by atoms with van der Waals surface area (Å²) in [6.45, 7) is 0.810. The Balaban J connectivity index is 1.85. The second kappa shape index (κ2) is 4.87. The minimum Gasteiger partial charge on any atom is -0.493 e. The van der Waals surface area contributed by atoms with Crippen molar-refractivity contribution in [3.05, 3.63) is 22.2 Å². The van der Waals surface area contributed by atoms with Crippen molar-refractivity contribution in [1.29, 1.82) is 0 Å². The Morgan fingerprint density at radius 3 is 2.92 bits per heavy atom. The van der Waals surface area contributed by atoms with Gasteiger partial charge in [0.05, 0.1) is 19.8 Å². The molecular weight excluding hydrogens is 342 g/mol. The molecule has 5 rings (SSSR count). The van der Waals surface area contributed by atoms with Gasteiger partial charge < -0.3 is 9.47 Å². The number of carbonyl (C=O) groups is 1. The molecule has 3 atom stereocenters. The van der Waals surface area contributed by atoms with Crippen LogP contribution in [0.15, 0.2) is 16.4 Å². The molecule has 0 bridgehead atoms. The molecule has 4 aliphatic rings. The molecule has 1 aromatic carbocycles. The molecule has 6 nitrogen and oxygen atoms in total. The standard InChI is InChI=1S/C18H20ClN3O3/c1-24-13-8-12(19)11-3-4-18-14-7-10(23)9-17(18,15(11)16(13)25-2)5-6-22(18)21-20-14/h8,14H,3-7,9H2,1-2H3/t14-,17+,18-/m1/s1. The van der Waals surface area contributed by atoms with Crippen LogP contribution in [-0.2, 0) is 16.6 Å². The highest BCUT2D eigenvalue weighted by Gasteiger charge is 2.71. The smallest absolute Gasteiger partial charge is 0.164 e. The van der Waals surface area contributed by atoms with Gasteiger partial charge in [-0.05, 0) is 24.8 Å². The molecule has 0 amide bonds. The highest BCUT2D eigenvalue weighted by Crippen LogP contribution is 2.65. The van der Waals surface area contributed by atoms with E-state index in [2.05, 4.69) is 15.3 Å². The van der Waals surface area contributed by atoms with Crippen molar-refractivity contribution in [2.24, 2.45) is 10.3 Å². The predicted octanol–water partition coefficient (Wildman–Crippen LogP) is 3.10. The topological polar surface area (TPSA) is 63.5 Å². The quantitative estimate of drug-likeness (QED) is 0.812. The van der Waals surface area contributed by atoms with Crippen LogP contribution in [0.1, 0.15) is 36.8 Å². The molecular formula is C18H20ClN3O3. The van der Waals surface area contributed by atoms with E-state index in [9.17, 15) is 4.79 Å².